The number of aryl methyl sites for hydroxylation is 1. The molecule has 0 spiro atoms. The molecule has 4 aromatic carbocycles. The zero-order valence-corrected chi connectivity index (χ0v) is 22.2. The molecule has 0 unspecified atom stereocenters. The number of carbonyl (C=O) groups is 2. The van der Waals surface area contributed by atoms with Gasteiger partial charge in [-0.3, -0.25) is 4.79 Å². The van der Waals surface area contributed by atoms with Crippen molar-refractivity contribution in [2.75, 3.05) is 0 Å². The molecule has 6 nitrogen and oxygen atoms in total. The number of hydrogen-bond acceptors (Lipinski definition) is 4. The van der Waals surface area contributed by atoms with Gasteiger partial charge in [-0.2, -0.15) is 18.3 Å². The highest BCUT2D eigenvalue weighted by Crippen LogP contribution is 2.37. The molecular formula is C31H21ClF3N3O3. The van der Waals surface area contributed by atoms with E-state index in [2.05, 4.69) is 15.5 Å². The first kappa shape index (κ1) is 27.7. The number of esters is 1. The summed E-state index contributed by atoms with van der Waals surface area (Å²) < 4.78 is 44.5. The summed E-state index contributed by atoms with van der Waals surface area (Å²) >= 11 is 6.48. The van der Waals surface area contributed by atoms with E-state index in [-0.39, 0.29) is 17.0 Å². The first-order valence-corrected chi connectivity index (χ1v) is 12.7. The van der Waals surface area contributed by atoms with Gasteiger partial charge in [0.2, 0.25) is 0 Å². The van der Waals surface area contributed by atoms with Crippen molar-refractivity contribution in [2.24, 2.45) is 5.10 Å². The minimum atomic E-state index is -4.60. The number of H-pyrrole nitrogens is 1. The number of ether oxygens (including phenoxy) is 1. The molecule has 1 amide bonds. The molecule has 0 aliphatic heterocycles. The minimum absolute atomic E-state index is 0.0471. The topological polar surface area (TPSA) is 83.5 Å². The maximum Gasteiger partial charge on any atom is 0.416 e. The first-order chi connectivity index (χ1) is 19.6. The predicted molar refractivity (Wildman–Crippen MR) is 151 cm³/mol. The van der Waals surface area contributed by atoms with E-state index in [9.17, 15) is 22.8 Å². The zero-order valence-electron chi connectivity index (χ0n) is 21.4. The molecule has 5 aromatic rings. The molecule has 0 radical (unpaired) electrons. The van der Waals surface area contributed by atoms with Crippen LogP contribution in [0, 0.1) is 6.92 Å². The fourth-order valence-corrected chi connectivity index (χ4v) is 4.59. The normalized spacial score (nSPS) is 11.6. The maximum atomic E-state index is 13.3. The third-order valence-corrected chi connectivity index (χ3v) is 6.66. The largest absolute Gasteiger partial charge is 0.422 e. The number of nitrogens with zero attached hydrogens (tertiary/aromatic N) is 1. The van der Waals surface area contributed by atoms with Crippen LogP contribution in [0.5, 0.6) is 5.75 Å². The third-order valence-electron chi connectivity index (χ3n) is 6.33. The van der Waals surface area contributed by atoms with Crippen molar-refractivity contribution >= 4 is 40.6 Å². The maximum absolute atomic E-state index is 13.3. The second-order valence-electron chi connectivity index (χ2n) is 9.06. The number of aromatic amines is 1. The molecule has 0 saturated heterocycles. The summed E-state index contributed by atoms with van der Waals surface area (Å²) in [6, 6.07) is 23.1. The van der Waals surface area contributed by atoms with Crippen molar-refractivity contribution in [3.63, 3.8) is 0 Å². The van der Waals surface area contributed by atoms with Gasteiger partial charge in [-0.05, 0) is 48.9 Å². The number of carbonyl (C=O) groups excluding carboxylic acids is 2. The highest BCUT2D eigenvalue weighted by Gasteiger charge is 2.31. The summed E-state index contributed by atoms with van der Waals surface area (Å²) in [7, 11) is 0. The predicted octanol–water partition coefficient (Wildman–Crippen LogP) is 7.80. The number of hydrogen-bond donors (Lipinski definition) is 2. The van der Waals surface area contributed by atoms with Crippen LogP contribution >= 0.6 is 11.6 Å². The number of para-hydroxylation sites is 2. The Morgan fingerprint density at radius 3 is 2.46 bits per heavy atom. The molecule has 0 atom stereocenters. The van der Waals surface area contributed by atoms with Crippen molar-refractivity contribution in [3.8, 4) is 16.9 Å². The standard InChI is InChI=1S/C31H21ClF3N3O3/c1-18-8-6-13-23-26(22-12-3-4-14-24(22)32)28(37-27(18)23)29(39)38-36-17-20-9-2-5-15-25(20)41-30(40)19-10-7-11-21(16-19)31(33,34)35/h2-17,37H,1H3,(H,38,39). The van der Waals surface area contributed by atoms with Crippen molar-refractivity contribution in [1.29, 1.82) is 0 Å². The number of hydrazone groups is 1. The minimum Gasteiger partial charge on any atom is -0.422 e. The lowest BCUT2D eigenvalue weighted by molar-refractivity contribution is -0.137. The fraction of sp³-hybridized carbons (Fsp3) is 0.0645. The van der Waals surface area contributed by atoms with Crippen LogP contribution < -0.4 is 10.2 Å². The molecule has 0 aliphatic carbocycles. The number of benzene rings is 4. The Kier molecular flexibility index (Phi) is 7.63. The number of rotatable bonds is 6. The lowest BCUT2D eigenvalue weighted by Gasteiger charge is -2.10. The Labute approximate surface area is 237 Å². The van der Waals surface area contributed by atoms with Gasteiger partial charge < -0.3 is 9.72 Å². The average Bonchev–Trinajstić information content (AvgIpc) is 3.35. The van der Waals surface area contributed by atoms with E-state index in [1.807, 2.05) is 37.3 Å². The Bertz CT molecular complexity index is 1810. The monoisotopic (exact) mass is 575 g/mol. The molecule has 41 heavy (non-hydrogen) atoms. The lowest BCUT2D eigenvalue weighted by Crippen LogP contribution is -2.19. The van der Waals surface area contributed by atoms with Crippen LogP contribution in [0.25, 0.3) is 22.0 Å². The molecule has 0 bridgehead atoms. The molecule has 0 fully saturated rings. The Morgan fingerprint density at radius 1 is 0.951 bits per heavy atom. The van der Waals surface area contributed by atoms with Gasteiger partial charge >= 0.3 is 12.1 Å². The highest BCUT2D eigenvalue weighted by atomic mass is 35.5. The van der Waals surface area contributed by atoms with Gasteiger partial charge in [0.25, 0.3) is 5.91 Å². The van der Waals surface area contributed by atoms with E-state index in [0.29, 0.717) is 21.7 Å². The zero-order chi connectivity index (χ0) is 29.1. The quantitative estimate of drug-likeness (QED) is 0.0938. The van der Waals surface area contributed by atoms with Crippen LogP contribution in [0.4, 0.5) is 13.2 Å². The number of aromatic nitrogens is 1. The van der Waals surface area contributed by atoms with Gasteiger partial charge in [0.15, 0.2) is 0 Å². The Hall–Kier alpha value is -4.89. The molecule has 0 aliphatic rings. The van der Waals surface area contributed by atoms with Crippen molar-refractivity contribution in [3.05, 3.63) is 124 Å². The van der Waals surface area contributed by atoms with E-state index < -0.39 is 23.6 Å². The van der Waals surface area contributed by atoms with Gasteiger partial charge in [-0.1, -0.05) is 66.2 Å². The van der Waals surface area contributed by atoms with Gasteiger partial charge in [-0.15, -0.1) is 0 Å². The number of alkyl halides is 3. The van der Waals surface area contributed by atoms with Crippen LogP contribution in [-0.2, 0) is 6.18 Å². The van der Waals surface area contributed by atoms with Crippen LogP contribution in [0.1, 0.15) is 37.5 Å². The van der Waals surface area contributed by atoms with E-state index in [1.54, 1.807) is 30.3 Å². The number of nitrogens with one attached hydrogen (secondary N) is 2. The molecular weight excluding hydrogens is 555 g/mol. The average molecular weight is 576 g/mol. The fourth-order valence-electron chi connectivity index (χ4n) is 4.36. The van der Waals surface area contributed by atoms with E-state index in [1.165, 1.54) is 18.3 Å². The number of fused-ring (bicyclic) bond motifs is 1. The summed E-state index contributed by atoms with van der Waals surface area (Å²) in [6.07, 6.45) is -3.33. The van der Waals surface area contributed by atoms with Crippen LogP contribution in [0.2, 0.25) is 5.02 Å². The summed E-state index contributed by atoms with van der Waals surface area (Å²) in [5.41, 5.74) is 4.84. The second kappa shape index (κ2) is 11.3. The summed E-state index contributed by atoms with van der Waals surface area (Å²) in [4.78, 5) is 29.1. The van der Waals surface area contributed by atoms with Crippen LogP contribution in [0.3, 0.4) is 0 Å². The second-order valence-corrected chi connectivity index (χ2v) is 9.46. The van der Waals surface area contributed by atoms with E-state index >= 15 is 0 Å². The molecule has 206 valence electrons. The van der Waals surface area contributed by atoms with Crippen LogP contribution in [-0.4, -0.2) is 23.1 Å². The van der Waals surface area contributed by atoms with Crippen molar-refractivity contribution in [2.45, 2.75) is 13.1 Å². The number of halogens is 4. The van der Waals surface area contributed by atoms with Crippen LogP contribution in [0.15, 0.2) is 96.1 Å². The third kappa shape index (κ3) is 5.85. The van der Waals surface area contributed by atoms with Gasteiger partial charge in [-0.25, -0.2) is 10.2 Å². The molecule has 10 heteroatoms. The Balaban J connectivity index is 1.39. The first-order valence-electron chi connectivity index (χ1n) is 12.3. The summed E-state index contributed by atoms with van der Waals surface area (Å²) in [5, 5.41) is 5.33. The van der Waals surface area contributed by atoms with E-state index in [0.717, 1.165) is 34.7 Å². The van der Waals surface area contributed by atoms with Gasteiger partial charge in [0.05, 0.1) is 17.3 Å². The van der Waals surface area contributed by atoms with Crippen molar-refractivity contribution in [1.82, 2.24) is 10.4 Å². The Morgan fingerprint density at radius 2 is 1.68 bits per heavy atom. The van der Waals surface area contributed by atoms with Crippen molar-refractivity contribution < 1.29 is 27.5 Å². The molecule has 5 rings (SSSR count). The smallest absolute Gasteiger partial charge is 0.416 e. The summed E-state index contributed by atoms with van der Waals surface area (Å²) in [6.45, 7) is 1.92. The molecule has 0 saturated carbocycles. The SMILES string of the molecule is Cc1cccc2c(-c3ccccc3Cl)c(C(=O)NN=Cc3ccccc3OC(=O)c3cccc(C(F)(F)F)c3)[nH]c12. The molecule has 2 N–H and O–H groups in total. The summed E-state index contributed by atoms with van der Waals surface area (Å²) in [5.74, 6) is -1.46. The van der Waals surface area contributed by atoms with Gasteiger partial charge in [0.1, 0.15) is 11.4 Å². The molecule has 1 aromatic heterocycles. The van der Waals surface area contributed by atoms with Gasteiger partial charge in [0, 0.05) is 32.6 Å². The highest BCUT2D eigenvalue weighted by molar-refractivity contribution is 6.34. The number of amides is 1. The van der Waals surface area contributed by atoms with E-state index in [4.69, 9.17) is 16.3 Å². The molecule has 1 heterocycles. The lowest BCUT2D eigenvalue weighted by atomic mass is 10.0.